The van der Waals surface area contributed by atoms with Crippen molar-refractivity contribution in [2.45, 2.75) is 37.5 Å². The van der Waals surface area contributed by atoms with Gasteiger partial charge in [-0.05, 0) is 25.2 Å². The van der Waals surface area contributed by atoms with Crippen LogP contribution in [0.25, 0.3) is 0 Å². The Labute approximate surface area is 110 Å². The number of thiazole rings is 1. The molecule has 2 heterocycles. The highest BCUT2D eigenvalue weighted by Crippen LogP contribution is 2.41. The average molecular weight is 267 g/mol. The fraction of sp³-hybridized carbons (Fsp3) is 0.667. The van der Waals surface area contributed by atoms with Crippen molar-refractivity contribution < 1.29 is 0 Å². The van der Waals surface area contributed by atoms with Crippen LogP contribution in [0.2, 0.25) is 0 Å². The molecule has 1 N–H and O–H groups in total. The van der Waals surface area contributed by atoms with E-state index in [1.807, 2.05) is 23.3 Å². The summed E-state index contributed by atoms with van der Waals surface area (Å²) in [5, 5.41) is 8.62. The normalized spacial score (nSPS) is 25.7. The van der Waals surface area contributed by atoms with Crippen LogP contribution < -0.4 is 5.32 Å². The average Bonchev–Trinajstić information content (AvgIpc) is 2.89. The van der Waals surface area contributed by atoms with Gasteiger partial charge < -0.3 is 5.32 Å². The zero-order valence-electron chi connectivity index (χ0n) is 9.93. The quantitative estimate of drug-likeness (QED) is 0.911. The van der Waals surface area contributed by atoms with Gasteiger partial charge in [-0.25, -0.2) is 4.98 Å². The molecule has 1 fully saturated rings. The summed E-state index contributed by atoms with van der Waals surface area (Å²) < 4.78 is 0. The lowest BCUT2D eigenvalue weighted by molar-refractivity contribution is 0.625. The largest absolute Gasteiger partial charge is 0.356 e. The number of hydrogen-bond donors (Lipinski definition) is 1. The first-order chi connectivity index (χ1) is 8.36. The van der Waals surface area contributed by atoms with Gasteiger partial charge in [0, 0.05) is 16.8 Å². The molecule has 0 spiro atoms. The maximum absolute atomic E-state index is 4.62. The molecule has 0 saturated heterocycles. The third-order valence-corrected chi connectivity index (χ3v) is 5.48. The van der Waals surface area contributed by atoms with E-state index in [4.69, 9.17) is 0 Å². The van der Waals surface area contributed by atoms with E-state index in [9.17, 15) is 0 Å². The molecule has 1 aliphatic heterocycles. The number of hydrogen-bond acceptors (Lipinski definition) is 5. The Morgan fingerprint density at radius 3 is 3.06 bits per heavy atom. The summed E-state index contributed by atoms with van der Waals surface area (Å²) in [6.45, 7) is 3.20. The standard InChI is InChI=1S/C12H17N3S2/c1-2-9(11-13-5-6-16-11)15-12-14-7-10(17-12)8-3-4-8/h5-6,8-10H,2-4,7H2,1H3,(H,14,15). The molecule has 0 aromatic carbocycles. The molecule has 2 atom stereocenters. The molecule has 17 heavy (non-hydrogen) atoms. The van der Waals surface area contributed by atoms with Crippen molar-refractivity contribution in [3.05, 3.63) is 16.6 Å². The summed E-state index contributed by atoms with van der Waals surface area (Å²) in [6, 6.07) is 0.333. The first-order valence-corrected chi connectivity index (χ1v) is 7.99. The zero-order chi connectivity index (χ0) is 11.7. The number of amidine groups is 1. The van der Waals surface area contributed by atoms with Crippen LogP contribution in [-0.2, 0) is 0 Å². The maximum atomic E-state index is 4.62. The monoisotopic (exact) mass is 267 g/mol. The second-order valence-electron chi connectivity index (χ2n) is 4.62. The van der Waals surface area contributed by atoms with Crippen LogP contribution in [0.1, 0.15) is 37.2 Å². The van der Waals surface area contributed by atoms with Crippen molar-refractivity contribution in [2.75, 3.05) is 6.54 Å². The fourth-order valence-electron chi connectivity index (χ4n) is 2.08. The van der Waals surface area contributed by atoms with E-state index >= 15 is 0 Å². The van der Waals surface area contributed by atoms with Gasteiger partial charge in [0.1, 0.15) is 5.01 Å². The Bertz CT molecular complexity index is 398. The third kappa shape index (κ3) is 2.65. The van der Waals surface area contributed by atoms with E-state index < -0.39 is 0 Å². The van der Waals surface area contributed by atoms with Gasteiger partial charge in [-0.15, -0.1) is 11.3 Å². The SMILES string of the molecule is CCC(NC1=NCC(C2CC2)S1)c1nccs1. The Morgan fingerprint density at radius 2 is 2.41 bits per heavy atom. The zero-order valence-corrected chi connectivity index (χ0v) is 11.6. The molecule has 1 aliphatic carbocycles. The number of nitrogens with one attached hydrogen (secondary N) is 1. The highest BCUT2D eigenvalue weighted by atomic mass is 32.2. The molecule has 0 radical (unpaired) electrons. The minimum atomic E-state index is 0.333. The third-order valence-electron chi connectivity index (χ3n) is 3.28. The van der Waals surface area contributed by atoms with Gasteiger partial charge in [-0.1, -0.05) is 18.7 Å². The highest BCUT2D eigenvalue weighted by molar-refractivity contribution is 8.14. The summed E-state index contributed by atoms with van der Waals surface area (Å²) in [7, 11) is 0. The molecular formula is C12H17N3S2. The second-order valence-corrected chi connectivity index (χ2v) is 6.77. The highest BCUT2D eigenvalue weighted by Gasteiger charge is 2.35. The predicted molar refractivity (Wildman–Crippen MR) is 74.7 cm³/mol. The molecule has 2 unspecified atom stereocenters. The van der Waals surface area contributed by atoms with Crippen LogP contribution in [0, 0.1) is 5.92 Å². The fourth-order valence-corrected chi connectivity index (χ4v) is 4.11. The lowest BCUT2D eigenvalue weighted by Crippen LogP contribution is -2.25. The Balaban J connectivity index is 1.58. The Hall–Kier alpha value is -0.550. The first kappa shape index (κ1) is 11.5. The summed E-state index contributed by atoms with van der Waals surface area (Å²) >= 11 is 3.66. The van der Waals surface area contributed by atoms with Crippen molar-refractivity contribution in [3.63, 3.8) is 0 Å². The van der Waals surface area contributed by atoms with Crippen molar-refractivity contribution in [3.8, 4) is 0 Å². The van der Waals surface area contributed by atoms with E-state index in [0.717, 1.165) is 29.3 Å². The summed E-state index contributed by atoms with van der Waals surface area (Å²) in [5.41, 5.74) is 0. The summed E-state index contributed by atoms with van der Waals surface area (Å²) in [5.74, 6) is 0.933. The molecular weight excluding hydrogens is 250 g/mol. The van der Waals surface area contributed by atoms with Crippen LogP contribution in [0.5, 0.6) is 0 Å². The van der Waals surface area contributed by atoms with Gasteiger partial charge in [-0.2, -0.15) is 0 Å². The first-order valence-electron chi connectivity index (χ1n) is 6.24. The van der Waals surface area contributed by atoms with Crippen LogP contribution in [0.15, 0.2) is 16.6 Å². The summed E-state index contributed by atoms with van der Waals surface area (Å²) in [4.78, 5) is 9.01. The molecule has 5 heteroatoms. The second kappa shape index (κ2) is 4.98. The van der Waals surface area contributed by atoms with E-state index in [0.29, 0.717) is 6.04 Å². The molecule has 3 nitrogen and oxygen atoms in total. The van der Waals surface area contributed by atoms with Crippen LogP contribution in [0.3, 0.4) is 0 Å². The van der Waals surface area contributed by atoms with Gasteiger partial charge in [0.05, 0.1) is 12.6 Å². The molecule has 0 amide bonds. The van der Waals surface area contributed by atoms with Crippen molar-refractivity contribution >= 4 is 28.3 Å². The van der Waals surface area contributed by atoms with E-state index in [-0.39, 0.29) is 0 Å². The maximum Gasteiger partial charge on any atom is 0.157 e. The Kier molecular flexibility index (Phi) is 3.38. The molecule has 1 aromatic heterocycles. The van der Waals surface area contributed by atoms with Crippen LogP contribution in [0.4, 0.5) is 0 Å². The van der Waals surface area contributed by atoms with Crippen LogP contribution in [-0.4, -0.2) is 21.9 Å². The van der Waals surface area contributed by atoms with Gasteiger partial charge in [0.2, 0.25) is 0 Å². The van der Waals surface area contributed by atoms with Crippen molar-refractivity contribution in [1.29, 1.82) is 0 Å². The molecule has 3 rings (SSSR count). The molecule has 2 aliphatic rings. The predicted octanol–water partition coefficient (Wildman–Crippen LogP) is 3.07. The lowest BCUT2D eigenvalue weighted by Gasteiger charge is -2.15. The molecule has 92 valence electrons. The number of thioether (sulfide) groups is 1. The number of aliphatic imine (C=N–C) groups is 1. The smallest absolute Gasteiger partial charge is 0.157 e. The molecule has 1 saturated carbocycles. The number of nitrogens with zero attached hydrogens (tertiary/aromatic N) is 2. The van der Waals surface area contributed by atoms with Gasteiger partial charge in [0.25, 0.3) is 0 Å². The number of rotatable bonds is 4. The van der Waals surface area contributed by atoms with Crippen molar-refractivity contribution in [1.82, 2.24) is 10.3 Å². The minimum absolute atomic E-state index is 0.333. The van der Waals surface area contributed by atoms with Gasteiger partial charge in [0.15, 0.2) is 5.17 Å². The lowest BCUT2D eigenvalue weighted by atomic mass is 10.2. The van der Waals surface area contributed by atoms with E-state index in [2.05, 4.69) is 22.2 Å². The van der Waals surface area contributed by atoms with E-state index in [1.165, 1.54) is 17.8 Å². The number of aromatic nitrogens is 1. The van der Waals surface area contributed by atoms with Crippen LogP contribution >= 0.6 is 23.1 Å². The van der Waals surface area contributed by atoms with Gasteiger partial charge >= 0.3 is 0 Å². The molecule has 1 aromatic rings. The van der Waals surface area contributed by atoms with E-state index in [1.54, 1.807) is 11.3 Å². The molecule has 0 bridgehead atoms. The van der Waals surface area contributed by atoms with Crippen molar-refractivity contribution in [2.24, 2.45) is 10.9 Å². The van der Waals surface area contributed by atoms with Gasteiger partial charge in [-0.3, -0.25) is 4.99 Å². The Morgan fingerprint density at radius 1 is 1.53 bits per heavy atom. The topological polar surface area (TPSA) is 37.3 Å². The minimum Gasteiger partial charge on any atom is -0.356 e. The summed E-state index contributed by atoms with van der Waals surface area (Å²) in [6.07, 6.45) is 5.75.